The summed E-state index contributed by atoms with van der Waals surface area (Å²) >= 11 is 13.0. The van der Waals surface area contributed by atoms with Gasteiger partial charge in [0.2, 0.25) is 0 Å². The van der Waals surface area contributed by atoms with Crippen LogP contribution in [0.2, 0.25) is 6.04 Å². The molecule has 0 saturated heterocycles. The fraction of sp³-hybridized carbons (Fsp3) is 0.429. The number of benzene rings is 1. The summed E-state index contributed by atoms with van der Waals surface area (Å²) in [5.41, 5.74) is 0. The summed E-state index contributed by atoms with van der Waals surface area (Å²) in [5, 5.41) is 1.13. The van der Waals surface area contributed by atoms with Gasteiger partial charge < -0.3 is 0 Å². The molecular weight excluding hydrogens is 267 g/mol. The molecular formula is C14H20Cl2Si. The van der Waals surface area contributed by atoms with Crippen LogP contribution in [0.3, 0.4) is 0 Å². The Balaban J connectivity index is 2.28. The van der Waals surface area contributed by atoms with Crippen LogP contribution in [0.1, 0.15) is 32.1 Å². The lowest BCUT2D eigenvalue weighted by Gasteiger charge is -2.16. The largest absolute Gasteiger partial charge is 0.280 e. The molecule has 0 nitrogen and oxygen atoms in total. The molecule has 0 unspecified atom stereocenters. The first-order chi connectivity index (χ1) is 8.17. The monoisotopic (exact) mass is 286 g/mol. The van der Waals surface area contributed by atoms with E-state index in [9.17, 15) is 0 Å². The van der Waals surface area contributed by atoms with Gasteiger partial charge in [0.15, 0.2) is 0 Å². The lowest BCUT2D eigenvalue weighted by Crippen LogP contribution is -2.35. The summed E-state index contributed by atoms with van der Waals surface area (Å²) in [6.45, 7) is 1.50. The van der Waals surface area contributed by atoms with Crippen LogP contribution in [-0.2, 0) is 0 Å². The predicted octanol–water partition coefficient (Wildman–Crippen LogP) is 4.95. The first-order valence-electron chi connectivity index (χ1n) is 6.21. The third-order valence-corrected chi connectivity index (χ3v) is 7.45. The highest BCUT2D eigenvalue weighted by Crippen LogP contribution is 2.23. The van der Waals surface area contributed by atoms with Gasteiger partial charge in [-0.15, -0.1) is 28.7 Å². The van der Waals surface area contributed by atoms with E-state index < -0.39 is 6.69 Å². The van der Waals surface area contributed by atoms with E-state index in [1.54, 1.807) is 0 Å². The van der Waals surface area contributed by atoms with Gasteiger partial charge in [-0.1, -0.05) is 55.7 Å². The van der Waals surface area contributed by atoms with Crippen molar-refractivity contribution in [3.8, 4) is 0 Å². The molecule has 17 heavy (non-hydrogen) atoms. The minimum atomic E-state index is -2.22. The molecule has 0 heterocycles. The van der Waals surface area contributed by atoms with E-state index in [4.69, 9.17) is 22.2 Å². The van der Waals surface area contributed by atoms with E-state index >= 15 is 0 Å². The number of rotatable bonds is 8. The van der Waals surface area contributed by atoms with Gasteiger partial charge in [-0.2, -0.15) is 0 Å². The third-order valence-electron chi connectivity index (χ3n) is 2.85. The van der Waals surface area contributed by atoms with E-state index in [0.29, 0.717) is 0 Å². The molecule has 1 aromatic carbocycles. The van der Waals surface area contributed by atoms with Gasteiger partial charge in [-0.3, -0.25) is 0 Å². The average molecular weight is 287 g/mol. The Morgan fingerprint density at radius 1 is 1.00 bits per heavy atom. The number of allylic oxidation sites excluding steroid dienone is 1. The molecule has 1 rings (SSSR count). The van der Waals surface area contributed by atoms with Crippen molar-refractivity contribution < 1.29 is 0 Å². The van der Waals surface area contributed by atoms with Crippen molar-refractivity contribution in [1.29, 1.82) is 0 Å². The van der Waals surface area contributed by atoms with E-state index in [1.807, 2.05) is 36.4 Å². The zero-order chi connectivity index (χ0) is 12.6. The van der Waals surface area contributed by atoms with E-state index in [-0.39, 0.29) is 0 Å². The normalized spacial score (nSPS) is 11.4. The van der Waals surface area contributed by atoms with Crippen molar-refractivity contribution in [2.45, 2.75) is 38.1 Å². The average Bonchev–Trinajstić information content (AvgIpc) is 2.35. The summed E-state index contributed by atoms with van der Waals surface area (Å²) < 4.78 is 0. The molecule has 0 atom stereocenters. The Kier molecular flexibility index (Phi) is 6.94. The standard InChI is InChI=1S/C14H20Cl2Si/c1-2-3-4-5-6-10-13-17(15,16)14-11-8-7-9-12-14/h2,7-9,11-12H,1,3-6,10,13H2. The van der Waals surface area contributed by atoms with Crippen LogP contribution in [0.4, 0.5) is 0 Å². The van der Waals surface area contributed by atoms with Gasteiger partial charge >= 0.3 is 0 Å². The summed E-state index contributed by atoms with van der Waals surface area (Å²) in [5.74, 6) is 0. The molecule has 94 valence electrons. The molecule has 0 spiro atoms. The van der Waals surface area contributed by atoms with E-state index in [1.165, 1.54) is 19.3 Å². The van der Waals surface area contributed by atoms with Crippen LogP contribution in [0.15, 0.2) is 43.0 Å². The van der Waals surface area contributed by atoms with Crippen LogP contribution >= 0.6 is 22.2 Å². The Bertz CT molecular complexity index is 322. The number of hydrogen-bond acceptors (Lipinski definition) is 0. The minimum absolute atomic E-state index is 0.953. The highest BCUT2D eigenvalue weighted by atomic mass is 35.7. The van der Waals surface area contributed by atoms with Crippen LogP contribution in [0, 0.1) is 0 Å². The zero-order valence-corrected chi connectivity index (χ0v) is 12.7. The summed E-state index contributed by atoms with van der Waals surface area (Å²) in [7, 11) is 0. The lowest BCUT2D eigenvalue weighted by molar-refractivity contribution is 0.673. The highest BCUT2D eigenvalue weighted by Gasteiger charge is 2.29. The van der Waals surface area contributed by atoms with Gasteiger partial charge in [0.25, 0.3) is 6.69 Å². The van der Waals surface area contributed by atoms with Gasteiger partial charge in [-0.25, -0.2) is 0 Å². The van der Waals surface area contributed by atoms with Gasteiger partial charge in [0.05, 0.1) is 0 Å². The predicted molar refractivity (Wildman–Crippen MR) is 81.6 cm³/mol. The van der Waals surface area contributed by atoms with Gasteiger partial charge in [0, 0.05) is 0 Å². The molecule has 0 aliphatic rings. The van der Waals surface area contributed by atoms with Crippen molar-refractivity contribution in [1.82, 2.24) is 0 Å². The maximum absolute atomic E-state index is 6.49. The molecule has 0 aliphatic heterocycles. The smallest absolute Gasteiger partial charge is 0.140 e. The highest BCUT2D eigenvalue weighted by molar-refractivity contribution is 7.50. The fourth-order valence-electron chi connectivity index (χ4n) is 1.82. The number of unbranched alkanes of at least 4 members (excludes halogenated alkanes) is 4. The van der Waals surface area contributed by atoms with Crippen LogP contribution < -0.4 is 5.19 Å². The molecule has 0 aliphatic carbocycles. The maximum atomic E-state index is 6.49. The first kappa shape index (κ1) is 14.8. The van der Waals surface area contributed by atoms with Crippen molar-refractivity contribution in [2.75, 3.05) is 0 Å². The minimum Gasteiger partial charge on any atom is -0.140 e. The summed E-state index contributed by atoms with van der Waals surface area (Å²) in [6.07, 6.45) is 7.92. The number of halogens is 2. The molecule has 0 aromatic heterocycles. The van der Waals surface area contributed by atoms with Crippen LogP contribution in [-0.4, -0.2) is 6.69 Å². The summed E-state index contributed by atoms with van der Waals surface area (Å²) in [4.78, 5) is 0. The van der Waals surface area contributed by atoms with Crippen molar-refractivity contribution in [3.05, 3.63) is 43.0 Å². The second kappa shape index (κ2) is 7.96. The summed E-state index contributed by atoms with van der Waals surface area (Å²) in [6, 6.07) is 11.1. The Morgan fingerprint density at radius 2 is 1.65 bits per heavy atom. The van der Waals surface area contributed by atoms with Gasteiger partial charge in [0.1, 0.15) is 0 Å². The Morgan fingerprint density at radius 3 is 2.29 bits per heavy atom. The Labute approximate surface area is 115 Å². The second-order valence-corrected chi connectivity index (χ2v) is 11.3. The lowest BCUT2D eigenvalue weighted by atomic mass is 10.1. The van der Waals surface area contributed by atoms with Gasteiger partial charge in [-0.05, 0) is 24.1 Å². The quantitative estimate of drug-likeness (QED) is 0.275. The van der Waals surface area contributed by atoms with E-state index in [0.717, 1.165) is 24.1 Å². The van der Waals surface area contributed by atoms with Crippen molar-refractivity contribution in [3.63, 3.8) is 0 Å². The number of hydrogen-bond donors (Lipinski definition) is 0. The molecule has 0 radical (unpaired) electrons. The molecule has 0 amide bonds. The van der Waals surface area contributed by atoms with Crippen molar-refractivity contribution >= 4 is 34.0 Å². The maximum Gasteiger partial charge on any atom is 0.280 e. The van der Waals surface area contributed by atoms with Crippen molar-refractivity contribution in [2.24, 2.45) is 0 Å². The molecule has 3 heteroatoms. The molecule has 0 fully saturated rings. The SMILES string of the molecule is C=CCCCCCC[Si](Cl)(Cl)c1ccccc1. The van der Waals surface area contributed by atoms with Crippen LogP contribution in [0.25, 0.3) is 0 Å². The molecule has 1 aromatic rings. The molecule has 0 N–H and O–H groups in total. The molecule has 0 bridgehead atoms. The Hall–Kier alpha value is -0.243. The first-order valence-corrected chi connectivity index (χ1v) is 10.4. The second-order valence-electron chi connectivity index (χ2n) is 4.31. The topological polar surface area (TPSA) is 0 Å². The fourth-order valence-corrected chi connectivity index (χ4v) is 5.04. The van der Waals surface area contributed by atoms with E-state index in [2.05, 4.69) is 6.58 Å². The van der Waals surface area contributed by atoms with Crippen LogP contribution in [0.5, 0.6) is 0 Å². The third kappa shape index (κ3) is 5.76. The molecule has 0 saturated carbocycles. The zero-order valence-electron chi connectivity index (χ0n) is 10.2.